The summed E-state index contributed by atoms with van der Waals surface area (Å²) in [4.78, 5) is 2.37. The highest BCUT2D eigenvalue weighted by atomic mass is 19.1. The Morgan fingerprint density at radius 3 is 2.66 bits per heavy atom. The highest BCUT2D eigenvalue weighted by Crippen LogP contribution is 2.34. The molecule has 3 aromatic rings. The van der Waals surface area contributed by atoms with Crippen LogP contribution in [0.15, 0.2) is 42.6 Å². The van der Waals surface area contributed by atoms with Gasteiger partial charge in [-0.15, -0.1) is 4.90 Å². The number of aromatic nitrogens is 2. The van der Waals surface area contributed by atoms with Crippen LogP contribution in [-0.2, 0) is 21.3 Å². The van der Waals surface area contributed by atoms with Crippen LogP contribution in [0.3, 0.4) is 0 Å². The Kier molecular flexibility index (Phi) is 6.50. The quantitative estimate of drug-likeness (QED) is 0.439. The molecule has 0 saturated carbocycles. The average molecular weight is 439 g/mol. The molecule has 169 valence electrons. The van der Waals surface area contributed by atoms with E-state index < -0.39 is 0 Å². The van der Waals surface area contributed by atoms with Gasteiger partial charge in [-0.1, -0.05) is 12.1 Å². The zero-order chi connectivity index (χ0) is 21.8. The van der Waals surface area contributed by atoms with E-state index in [1.165, 1.54) is 16.8 Å². The van der Waals surface area contributed by atoms with Crippen molar-refractivity contribution in [1.82, 2.24) is 20.4 Å². The molecule has 7 heteroatoms. The first kappa shape index (κ1) is 21.5. The summed E-state index contributed by atoms with van der Waals surface area (Å²) in [5.74, 6) is -0.193. The summed E-state index contributed by atoms with van der Waals surface area (Å²) in [6.07, 6.45) is 4.75. The SMILES string of the molecule is Fc1ccc(C2(COCCc3cc([N+]4CCOCC4)cc4c[nH]nc34)CCNCC2)cc1. The summed E-state index contributed by atoms with van der Waals surface area (Å²) in [7, 11) is 0. The fraction of sp³-hybridized carbons (Fsp3) is 0.480. The molecule has 3 heterocycles. The highest BCUT2D eigenvalue weighted by Gasteiger charge is 2.34. The maximum Gasteiger partial charge on any atom is 0.182 e. The number of piperidine rings is 1. The van der Waals surface area contributed by atoms with Crippen LogP contribution in [0.25, 0.3) is 10.9 Å². The maximum atomic E-state index is 13.5. The van der Waals surface area contributed by atoms with Crippen LogP contribution in [0.2, 0.25) is 0 Å². The van der Waals surface area contributed by atoms with Crippen LogP contribution in [0.1, 0.15) is 24.0 Å². The molecule has 2 saturated heterocycles. The number of rotatable bonds is 7. The summed E-state index contributed by atoms with van der Waals surface area (Å²) in [6, 6.07) is 11.4. The molecule has 2 fully saturated rings. The molecular formula is C25H31FN4O2+. The van der Waals surface area contributed by atoms with Gasteiger partial charge in [-0.2, -0.15) is 5.10 Å². The van der Waals surface area contributed by atoms with Gasteiger partial charge in [0.05, 0.1) is 18.7 Å². The molecular weight excluding hydrogens is 407 g/mol. The van der Waals surface area contributed by atoms with Crippen molar-refractivity contribution in [3.05, 3.63) is 59.5 Å². The van der Waals surface area contributed by atoms with Crippen molar-refractivity contribution < 1.29 is 13.9 Å². The number of fused-ring (bicyclic) bond motifs is 1. The molecule has 2 N–H and O–H groups in total. The molecule has 0 amide bonds. The van der Waals surface area contributed by atoms with Crippen molar-refractivity contribution in [2.75, 3.05) is 52.6 Å². The molecule has 2 aliphatic rings. The minimum atomic E-state index is -0.193. The zero-order valence-electron chi connectivity index (χ0n) is 18.4. The lowest BCUT2D eigenvalue weighted by Crippen LogP contribution is -2.43. The molecule has 5 rings (SSSR count). The van der Waals surface area contributed by atoms with E-state index in [2.05, 4.69) is 32.5 Å². The van der Waals surface area contributed by atoms with Crippen molar-refractivity contribution in [2.24, 2.45) is 0 Å². The number of nitrogens with zero attached hydrogens (tertiary/aromatic N) is 2. The number of morpholine rings is 1. The first-order chi connectivity index (χ1) is 15.7. The first-order valence-corrected chi connectivity index (χ1v) is 11.6. The van der Waals surface area contributed by atoms with Crippen molar-refractivity contribution >= 4 is 16.6 Å². The second-order valence-corrected chi connectivity index (χ2v) is 8.87. The van der Waals surface area contributed by atoms with Crippen molar-refractivity contribution in [3.63, 3.8) is 0 Å². The van der Waals surface area contributed by atoms with E-state index in [9.17, 15) is 4.39 Å². The number of H-pyrrole nitrogens is 1. The second kappa shape index (κ2) is 9.67. The Morgan fingerprint density at radius 1 is 1.09 bits per heavy atom. The van der Waals surface area contributed by atoms with Crippen molar-refractivity contribution in [3.8, 4) is 0 Å². The number of hydrogen-bond acceptors (Lipinski definition) is 5. The lowest BCUT2D eigenvalue weighted by atomic mass is 9.74. The van der Waals surface area contributed by atoms with Crippen LogP contribution >= 0.6 is 0 Å². The summed E-state index contributed by atoms with van der Waals surface area (Å²) in [5, 5.41) is 12.1. The largest absolute Gasteiger partial charge is 0.380 e. The first-order valence-electron chi connectivity index (χ1n) is 11.6. The fourth-order valence-corrected chi connectivity index (χ4v) is 4.98. The third-order valence-corrected chi connectivity index (χ3v) is 6.89. The zero-order valence-corrected chi connectivity index (χ0v) is 18.4. The normalized spacial score (nSPS) is 19.4. The Hall–Kier alpha value is -2.32. The molecule has 1 aromatic heterocycles. The summed E-state index contributed by atoms with van der Waals surface area (Å²) in [6.45, 7) is 6.54. The number of halogens is 1. The second-order valence-electron chi connectivity index (χ2n) is 8.87. The fourth-order valence-electron chi connectivity index (χ4n) is 4.98. The molecule has 1 radical (unpaired) electrons. The molecule has 0 atom stereocenters. The predicted molar refractivity (Wildman–Crippen MR) is 123 cm³/mol. The third-order valence-electron chi connectivity index (χ3n) is 6.89. The van der Waals surface area contributed by atoms with E-state index in [4.69, 9.17) is 9.47 Å². The molecule has 32 heavy (non-hydrogen) atoms. The average Bonchev–Trinajstić information content (AvgIpc) is 3.32. The Bertz CT molecular complexity index is 1020. The molecule has 6 nitrogen and oxygen atoms in total. The van der Waals surface area contributed by atoms with Gasteiger partial charge in [0.1, 0.15) is 19.0 Å². The molecule has 0 spiro atoms. The molecule has 0 aliphatic carbocycles. The smallest absolute Gasteiger partial charge is 0.182 e. The van der Waals surface area contributed by atoms with Gasteiger partial charge in [0.15, 0.2) is 18.8 Å². The maximum absolute atomic E-state index is 13.5. The Balaban J connectivity index is 1.28. The van der Waals surface area contributed by atoms with E-state index in [1.54, 1.807) is 12.1 Å². The van der Waals surface area contributed by atoms with Crippen LogP contribution in [0, 0.1) is 5.82 Å². The molecule has 2 aliphatic heterocycles. The summed E-state index contributed by atoms with van der Waals surface area (Å²) < 4.78 is 25.3. The Morgan fingerprint density at radius 2 is 1.88 bits per heavy atom. The van der Waals surface area contributed by atoms with E-state index in [1.807, 2.05) is 18.3 Å². The summed E-state index contributed by atoms with van der Waals surface area (Å²) in [5.41, 5.74) is 4.55. The van der Waals surface area contributed by atoms with Gasteiger partial charge in [-0.3, -0.25) is 5.10 Å². The number of nitrogens with one attached hydrogen (secondary N) is 2. The number of benzene rings is 2. The lowest BCUT2D eigenvalue weighted by molar-refractivity contribution is 0.0691. The minimum absolute atomic E-state index is 0.0593. The predicted octanol–water partition coefficient (Wildman–Crippen LogP) is 3.38. The van der Waals surface area contributed by atoms with E-state index in [-0.39, 0.29) is 11.2 Å². The molecule has 2 aromatic carbocycles. The van der Waals surface area contributed by atoms with Gasteiger partial charge in [0, 0.05) is 29.1 Å². The lowest BCUT2D eigenvalue weighted by Gasteiger charge is -2.38. The third kappa shape index (κ3) is 4.57. The van der Waals surface area contributed by atoms with Crippen molar-refractivity contribution in [1.29, 1.82) is 0 Å². The number of aromatic amines is 1. The van der Waals surface area contributed by atoms with Gasteiger partial charge >= 0.3 is 0 Å². The van der Waals surface area contributed by atoms with Crippen LogP contribution < -0.4 is 10.2 Å². The topological polar surface area (TPSA) is 65.1 Å². The monoisotopic (exact) mass is 438 g/mol. The standard InChI is InChI=1S/C25H31FN4O2/c26-22-3-1-21(2-4-22)25(6-8-27-9-7-25)18-32-12-5-19-15-23(30-10-13-31-14-11-30)16-20-17-28-29-24(19)20/h1-4,15-17,27H,5-14,18H2,(H,28,29)/q+1. The van der Waals surface area contributed by atoms with Crippen LogP contribution in [0.4, 0.5) is 10.1 Å². The highest BCUT2D eigenvalue weighted by molar-refractivity contribution is 5.84. The molecule has 0 unspecified atom stereocenters. The van der Waals surface area contributed by atoms with Crippen LogP contribution in [-0.4, -0.2) is 62.8 Å². The number of ether oxygens (including phenoxy) is 2. The van der Waals surface area contributed by atoms with E-state index in [0.29, 0.717) is 13.2 Å². The van der Waals surface area contributed by atoms with E-state index in [0.717, 1.165) is 69.6 Å². The van der Waals surface area contributed by atoms with Gasteiger partial charge in [0.25, 0.3) is 0 Å². The van der Waals surface area contributed by atoms with E-state index >= 15 is 0 Å². The number of anilines is 1. The summed E-state index contributed by atoms with van der Waals surface area (Å²) >= 11 is 0. The van der Waals surface area contributed by atoms with Gasteiger partial charge in [-0.05, 0) is 55.6 Å². The number of hydrogen-bond donors (Lipinski definition) is 2. The molecule has 0 bridgehead atoms. The Labute approximate surface area is 188 Å². The van der Waals surface area contributed by atoms with Gasteiger partial charge in [0.2, 0.25) is 0 Å². The van der Waals surface area contributed by atoms with Gasteiger partial charge in [-0.25, -0.2) is 4.39 Å². The van der Waals surface area contributed by atoms with Crippen molar-refractivity contribution in [2.45, 2.75) is 24.7 Å². The van der Waals surface area contributed by atoms with Crippen LogP contribution in [0.5, 0.6) is 0 Å². The van der Waals surface area contributed by atoms with Gasteiger partial charge < -0.3 is 14.8 Å². The minimum Gasteiger partial charge on any atom is -0.380 e.